The summed E-state index contributed by atoms with van der Waals surface area (Å²) >= 11 is 0. The minimum absolute atomic E-state index is 0.633. The second kappa shape index (κ2) is 7.07. The lowest BCUT2D eigenvalue weighted by Gasteiger charge is -2.11. The molecule has 10 heavy (non-hydrogen) atoms. The van der Waals surface area contributed by atoms with Crippen molar-refractivity contribution >= 4 is 0 Å². The van der Waals surface area contributed by atoms with E-state index < -0.39 is 0 Å². The highest BCUT2D eigenvalue weighted by molar-refractivity contribution is 4.58. The van der Waals surface area contributed by atoms with Crippen LogP contribution in [-0.4, -0.2) is 6.54 Å². The molecule has 1 N–H and O–H groups in total. The molecule has 0 aromatic carbocycles. The summed E-state index contributed by atoms with van der Waals surface area (Å²) in [6, 6.07) is 0. The summed E-state index contributed by atoms with van der Waals surface area (Å²) in [5, 5.41) is 0. The van der Waals surface area contributed by atoms with Crippen LogP contribution in [0.4, 0.5) is 0 Å². The molecule has 61 valence electrons. The highest BCUT2D eigenvalue weighted by atomic mass is 14.5. The number of unbranched alkanes of at least 4 members (excludes halogenated alkanes) is 1. The van der Waals surface area contributed by atoms with Crippen molar-refractivity contribution in [3.8, 4) is 0 Å². The van der Waals surface area contributed by atoms with Gasteiger partial charge in [-0.2, -0.15) is 0 Å². The molecule has 0 saturated heterocycles. The van der Waals surface area contributed by atoms with Gasteiger partial charge in [0.2, 0.25) is 0 Å². The van der Waals surface area contributed by atoms with Gasteiger partial charge in [0.25, 0.3) is 0 Å². The summed E-state index contributed by atoms with van der Waals surface area (Å²) in [5.74, 6) is 0.685. The molecule has 1 atom stereocenters. The Hall–Kier alpha value is -0.0400. The average molecular weight is 142 g/mol. The summed E-state index contributed by atoms with van der Waals surface area (Å²) in [6.07, 6.45) is 6.36. The Labute approximate surface area is 65.0 Å². The van der Waals surface area contributed by atoms with Crippen molar-refractivity contribution in [2.75, 3.05) is 6.54 Å². The standard InChI is InChI=1S/C9H20N/c1-3-5-7-9(8-10)6-4-2/h9-10H,3-8H2,1-2H3. The molecule has 0 saturated carbocycles. The normalized spacial score (nSPS) is 13.5. The molecule has 0 fully saturated rings. The van der Waals surface area contributed by atoms with Crippen LogP contribution in [0.15, 0.2) is 0 Å². The van der Waals surface area contributed by atoms with Crippen LogP contribution in [0.25, 0.3) is 0 Å². The van der Waals surface area contributed by atoms with Crippen molar-refractivity contribution < 1.29 is 0 Å². The Morgan fingerprint density at radius 2 is 1.80 bits per heavy atom. The van der Waals surface area contributed by atoms with Gasteiger partial charge in [-0.1, -0.05) is 33.1 Å². The third-order valence-corrected chi connectivity index (χ3v) is 1.95. The van der Waals surface area contributed by atoms with E-state index in [1.807, 2.05) is 0 Å². The van der Waals surface area contributed by atoms with E-state index in [1.54, 1.807) is 0 Å². The van der Waals surface area contributed by atoms with Crippen LogP contribution < -0.4 is 5.73 Å². The van der Waals surface area contributed by atoms with Gasteiger partial charge in [0.15, 0.2) is 0 Å². The lowest BCUT2D eigenvalue weighted by atomic mass is 9.98. The summed E-state index contributed by atoms with van der Waals surface area (Å²) in [6.45, 7) is 5.05. The van der Waals surface area contributed by atoms with E-state index in [0.29, 0.717) is 12.5 Å². The first kappa shape index (κ1) is 9.96. The van der Waals surface area contributed by atoms with Crippen molar-refractivity contribution in [1.82, 2.24) is 5.73 Å². The van der Waals surface area contributed by atoms with Gasteiger partial charge in [-0.3, -0.25) is 5.73 Å². The number of nitrogens with one attached hydrogen (secondary N) is 1. The maximum atomic E-state index is 7.24. The Balaban J connectivity index is 3.21. The predicted octanol–water partition coefficient (Wildman–Crippen LogP) is 2.88. The first-order valence-corrected chi connectivity index (χ1v) is 4.49. The minimum atomic E-state index is 0.633. The zero-order chi connectivity index (χ0) is 7.82. The fourth-order valence-corrected chi connectivity index (χ4v) is 1.25. The van der Waals surface area contributed by atoms with Crippen molar-refractivity contribution in [3.05, 3.63) is 0 Å². The Kier molecular flexibility index (Phi) is 7.04. The second-order valence-corrected chi connectivity index (χ2v) is 3.00. The van der Waals surface area contributed by atoms with Gasteiger partial charge in [-0.05, 0) is 18.8 Å². The van der Waals surface area contributed by atoms with Gasteiger partial charge in [0, 0.05) is 6.54 Å². The molecular weight excluding hydrogens is 122 g/mol. The van der Waals surface area contributed by atoms with Gasteiger partial charge < -0.3 is 0 Å². The van der Waals surface area contributed by atoms with Crippen LogP contribution in [-0.2, 0) is 0 Å². The number of hydrogen-bond donors (Lipinski definition) is 0. The summed E-state index contributed by atoms with van der Waals surface area (Å²) in [4.78, 5) is 0. The molecule has 1 radical (unpaired) electrons. The summed E-state index contributed by atoms with van der Waals surface area (Å²) < 4.78 is 0. The predicted molar refractivity (Wildman–Crippen MR) is 45.9 cm³/mol. The van der Waals surface area contributed by atoms with Gasteiger partial charge in [0.05, 0.1) is 0 Å². The third kappa shape index (κ3) is 4.80. The Morgan fingerprint density at radius 1 is 1.10 bits per heavy atom. The second-order valence-electron chi connectivity index (χ2n) is 3.00. The summed E-state index contributed by atoms with van der Waals surface area (Å²) in [7, 11) is 0. The van der Waals surface area contributed by atoms with Crippen LogP contribution in [0, 0.1) is 5.92 Å². The maximum absolute atomic E-state index is 7.24. The zero-order valence-corrected chi connectivity index (χ0v) is 7.32. The van der Waals surface area contributed by atoms with E-state index in [9.17, 15) is 0 Å². The van der Waals surface area contributed by atoms with E-state index in [-0.39, 0.29) is 0 Å². The minimum Gasteiger partial charge on any atom is -0.258 e. The Morgan fingerprint density at radius 3 is 2.20 bits per heavy atom. The van der Waals surface area contributed by atoms with Crippen molar-refractivity contribution in [2.24, 2.45) is 5.92 Å². The largest absolute Gasteiger partial charge is 0.258 e. The monoisotopic (exact) mass is 142 g/mol. The quantitative estimate of drug-likeness (QED) is 0.544. The zero-order valence-electron chi connectivity index (χ0n) is 7.32. The molecule has 0 rings (SSSR count). The maximum Gasteiger partial charge on any atom is 0.0128 e. The summed E-state index contributed by atoms with van der Waals surface area (Å²) in [5.41, 5.74) is 7.24. The van der Waals surface area contributed by atoms with Crippen molar-refractivity contribution in [3.63, 3.8) is 0 Å². The van der Waals surface area contributed by atoms with Crippen LogP contribution >= 0.6 is 0 Å². The molecule has 0 heterocycles. The molecule has 0 aliphatic carbocycles. The van der Waals surface area contributed by atoms with Crippen molar-refractivity contribution in [2.45, 2.75) is 46.0 Å². The SMILES string of the molecule is CCCCC(C[NH])CCC. The molecule has 1 nitrogen and oxygen atoms in total. The van der Waals surface area contributed by atoms with Crippen LogP contribution in [0.2, 0.25) is 0 Å². The average Bonchev–Trinajstić information content (AvgIpc) is 1.98. The molecule has 0 amide bonds. The van der Waals surface area contributed by atoms with Gasteiger partial charge in [-0.25, -0.2) is 0 Å². The van der Waals surface area contributed by atoms with Gasteiger partial charge in [0.1, 0.15) is 0 Å². The van der Waals surface area contributed by atoms with Crippen LogP contribution in [0.3, 0.4) is 0 Å². The molecule has 0 spiro atoms. The number of hydrogen-bond acceptors (Lipinski definition) is 0. The van der Waals surface area contributed by atoms with Gasteiger partial charge in [-0.15, -0.1) is 0 Å². The lowest BCUT2D eigenvalue weighted by molar-refractivity contribution is 0.434. The van der Waals surface area contributed by atoms with E-state index in [1.165, 1.54) is 32.1 Å². The molecule has 0 aliphatic heterocycles. The lowest BCUT2D eigenvalue weighted by Crippen LogP contribution is -2.06. The van der Waals surface area contributed by atoms with Crippen LogP contribution in [0.1, 0.15) is 46.0 Å². The third-order valence-electron chi connectivity index (χ3n) is 1.95. The molecule has 1 heteroatoms. The highest BCUT2D eigenvalue weighted by Gasteiger charge is 2.03. The fourth-order valence-electron chi connectivity index (χ4n) is 1.25. The van der Waals surface area contributed by atoms with Crippen LogP contribution in [0.5, 0.6) is 0 Å². The highest BCUT2D eigenvalue weighted by Crippen LogP contribution is 2.12. The van der Waals surface area contributed by atoms with Gasteiger partial charge >= 0.3 is 0 Å². The first-order valence-electron chi connectivity index (χ1n) is 4.49. The first-order chi connectivity index (χ1) is 4.85. The molecule has 0 aromatic heterocycles. The molecular formula is C9H20N. The molecule has 0 aromatic rings. The van der Waals surface area contributed by atoms with E-state index in [4.69, 9.17) is 5.73 Å². The van der Waals surface area contributed by atoms with E-state index in [2.05, 4.69) is 13.8 Å². The molecule has 0 aliphatic rings. The molecule has 0 bridgehead atoms. The van der Waals surface area contributed by atoms with E-state index >= 15 is 0 Å². The fraction of sp³-hybridized carbons (Fsp3) is 1.00. The van der Waals surface area contributed by atoms with E-state index in [0.717, 1.165) is 0 Å². The molecule has 1 unspecified atom stereocenters. The smallest absolute Gasteiger partial charge is 0.0128 e. The topological polar surface area (TPSA) is 23.8 Å². The Bertz CT molecular complexity index is 61.7. The van der Waals surface area contributed by atoms with Crippen molar-refractivity contribution in [1.29, 1.82) is 0 Å². The number of rotatable bonds is 6.